The molecule has 1 fully saturated rings. The summed E-state index contributed by atoms with van der Waals surface area (Å²) in [4.78, 5) is 0. The number of aromatic nitrogens is 2. The van der Waals surface area contributed by atoms with Gasteiger partial charge in [0, 0.05) is 12.3 Å². The van der Waals surface area contributed by atoms with E-state index in [9.17, 15) is 9.50 Å². The van der Waals surface area contributed by atoms with Crippen LogP contribution in [-0.2, 0) is 18.6 Å². The predicted octanol–water partition coefficient (Wildman–Crippen LogP) is 3.73. The highest BCUT2D eigenvalue weighted by atomic mass is 19.1. The Balaban J connectivity index is 1.80. The molecule has 0 unspecified atom stereocenters. The second-order valence-corrected chi connectivity index (χ2v) is 7.90. The monoisotopic (exact) mass is 390 g/mol. The molecule has 6 heteroatoms. The Morgan fingerprint density at radius 1 is 1.29 bits per heavy atom. The largest absolute Gasteiger partial charge is 0.490 e. The fourth-order valence-electron chi connectivity index (χ4n) is 3.41. The first-order chi connectivity index (χ1) is 13.4. The van der Waals surface area contributed by atoms with E-state index in [1.807, 2.05) is 24.6 Å². The van der Waals surface area contributed by atoms with Crippen LogP contribution in [-0.4, -0.2) is 33.2 Å². The van der Waals surface area contributed by atoms with Crippen molar-refractivity contribution in [3.63, 3.8) is 0 Å². The zero-order chi connectivity index (χ0) is 20.1. The molecule has 1 atom stereocenters. The quantitative estimate of drug-likeness (QED) is 0.574. The van der Waals surface area contributed by atoms with Crippen LogP contribution in [0.15, 0.2) is 24.3 Å². The predicted molar refractivity (Wildman–Crippen MR) is 106 cm³/mol. The van der Waals surface area contributed by atoms with Crippen molar-refractivity contribution in [3.05, 3.63) is 47.0 Å². The van der Waals surface area contributed by atoms with E-state index in [-0.39, 0.29) is 12.4 Å². The fourth-order valence-corrected chi connectivity index (χ4v) is 3.41. The number of hydrogen-bond acceptors (Lipinski definition) is 4. The van der Waals surface area contributed by atoms with Gasteiger partial charge in [-0.05, 0) is 75.1 Å². The van der Waals surface area contributed by atoms with Crippen LogP contribution in [0.2, 0.25) is 0 Å². The summed E-state index contributed by atoms with van der Waals surface area (Å²) in [7, 11) is 0. The average Bonchev–Trinajstić information content (AvgIpc) is 3.44. The van der Waals surface area contributed by atoms with E-state index in [1.165, 1.54) is 6.07 Å². The maximum Gasteiger partial charge on any atom is 0.165 e. The first kappa shape index (κ1) is 20.8. The van der Waals surface area contributed by atoms with Gasteiger partial charge in [-0.2, -0.15) is 5.10 Å². The number of aliphatic hydroxyl groups is 2. The summed E-state index contributed by atoms with van der Waals surface area (Å²) >= 11 is 0. The number of hydrogen-bond donors (Lipinski definition) is 2. The Hall–Kier alpha value is -1.92. The molecule has 2 aromatic rings. The summed E-state index contributed by atoms with van der Waals surface area (Å²) in [5, 5.41) is 24.9. The van der Waals surface area contributed by atoms with Crippen molar-refractivity contribution < 1.29 is 19.3 Å². The van der Waals surface area contributed by atoms with Crippen molar-refractivity contribution in [2.75, 3.05) is 13.2 Å². The number of halogens is 1. The summed E-state index contributed by atoms with van der Waals surface area (Å²) in [6, 6.07) is 6.64. The van der Waals surface area contributed by atoms with Crippen molar-refractivity contribution >= 4 is 0 Å². The maximum absolute atomic E-state index is 14.2. The van der Waals surface area contributed by atoms with E-state index < -0.39 is 11.4 Å². The van der Waals surface area contributed by atoms with Gasteiger partial charge in [0.05, 0.1) is 18.8 Å². The Bertz CT molecular complexity index is 788. The van der Waals surface area contributed by atoms with E-state index in [0.717, 1.165) is 43.5 Å². The molecule has 2 N–H and O–H groups in total. The zero-order valence-electron chi connectivity index (χ0n) is 16.8. The van der Waals surface area contributed by atoms with Crippen molar-refractivity contribution in [1.82, 2.24) is 9.78 Å². The van der Waals surface area contributed by atoms with Crippen LogP contribution >= 0.6 is 0 Å². The van der Waals surface area contributed by atoms with Gasteiger partial charge >= 0.3 is 0 Å². The molecule has 0 amide bonds. The molecular weight excluding hydrogens is 359 g/mol. The SMILES string of the molecule is CC[C@@](O)(Cn1nc(C)cc1CCCCO)c1ccc(F)c(OCC2CC2)c1. The average molecular weight is 390 g/mol. The first-order valence-electron chi connectivity index (χ1n) is 10.2. The molecule has 3 rings (SSSR count). The number of benzene rings is 1. The molecule has 1 aromatic heterocycles. The lowest BCUT2D eigenvalue weighted by atomic mass is 9.90. The van der Waals surface area contributed by atoms with Gasteiger partial charge in [-0.25, -0.2) is 4.39 Å². The molecule has 28 heavy (non-hydrogen) atoms. The number of unbranched alkanes of at least 4 members (excludes halogenated alkanes) is 1. The normalized spacial score (nSPS) is 16.2. The first-order valence-corrected chi connectivity index (χ1v) is 10.2. The van der Waals surface area contributed by atoms with E-state index in [1.54, 1.807) is 12.1 Å². The minimum atomic E-state index is -1.17. The molecule has 1 aliphatic rings. The van der Waals surface area contributed by atoms with Crippen LogP contribution < -0.4 is 4.74 Å². The van der Waals surface area contributed by atoms with Gasteiger partial charge in [0.1, 0.15) is 5.60 Å². The van der Waals surface area contributed by atoms with Crippen molar-refractivity contribution in [1.29, 1.82) is 0 Å². The van der Waals surface area contributed by atoms with Crippen LogP contribution in [0.25, 0.3) is 0 Å². The third-order valence-electron chi connectivity index (χ3n) is 5.46. The Morgan fingerprint density at radius 2 is 2.07 bits per heavy atom. The van der Waals surface area contributed by atoms with Crippen LogP contribution in [0.1, 0.15) is 56.0 Å². The van der Waals surface area contributed by atoms with Crippen LogP contribution in [0.3, 0.4) is 0 Å². The zero-order valence-corrected chi connectivity index (χ0v) is 16.8. The number of aryl methyl sites for hydroxylation is 2. The topological polar surface area (TPSA) is 67.5 Å². The maximum atomic E-state index is 14.2. The highest BCUT2D eigenvalue weighted by Gasteiger charge is 2.31. The van der Waals surface area contributed by atoms with Gasteiger partial charge in [0.2, 0.25) is 0 Å². The summed E-state index contributed by atoms with van der Waals surface area (Å²) < 4.78 is 21.6. The van der Waals surface area contributed by atoms with Crippen LogP contribution in [0.5, 0.6) is 5.75 Å². The van der Waals surface area contributed by atoms with E-state index in [0.29, 0.717) is 31.1 Å². The third-order valence-corrected chi connectivity index (χ3v) is 5.46. The Morgan fingerprint density at radius 3 is 2.75 bits per heavy atom. The molecule has 1 heterocycles. The molecule has 0 saturated heterocycles. The minimum Gasteiger partial charge on any atom is -0.490 e. The lowest BCUT2D eigenvalue weighted by Gasteiger charge is -2.28. The molecule has 1 aliphatic carbocycles. The van der Waals surface area contributed by atoms with Gasteiger partial charge in [-0.15, -0.1) is 0 Å². The highest BCUT2D eigenvalue weighted by molar-refractivity contribution is 5.34. The van der Waals surface area contributed by atoms with Crippen LogP contribution in [0, 0.1) is 18.7 Å². The second-order valence-electron chi connectivity index (χ2n) is 7.90. The lowest BCUT2D eigenvalue weighted by Crippen LogP contribution is -2.32. The van der Waals surface area contributed by atoms with Gasteiger partial charge in [-0.1, -0.05) is 13.0 Å². The molecule has 0 spiro atoms. The number of nitrogens with zero attached hydrogens (tertiary/aromatic N) is 2. The summed E-state index contributed by atoms with van der Waals surface area (Å²) in [6.07, 6.45) is 5.13. The smallest absolute Gasteiger partial charge is 0.165 e. The summed E-state index contributed by atoms with van der Waals surface area (Å²) in [5.74, 6) is 0.334. The van der Waals surface area contributed by atoms with E-state index in [4.69, 9.17) is 9.84 Å². The highest BCUT2D eigenvalue weighted by Crippen LogP contribution is 2.34. The van der Waals surface area contributed by atoms with Gasteiger partial charge in [0.15, 0.2) is 11.6 Å². The molecule has 5 nitrogen and oxygen atoms in total. The van der Waals surface area contributed by atoms with E-state index >= 15 is 0 Å². The number of rotatable bonds is 11. The molecule has 1 aromatic carbocycles. The van der Waals surface area contributed by atoms with Crippen molar-refractivity contribution in [3.8, 4) is 5.75 Å². The van der Waals surface area contributed by atoms with E-state index in [2.05, 4.69) is 5.10 Å². The summed E-state index contributed by atoms with van der Waals surface area (Å²) in [6.45, 7) is 4.83. The minimum absolute atomic E-state index is 0.172. The fraction of sp³-hybridized carbons (Fsp3) is 0.591. The van der Waals surface area contributed by atoms with Crippen molar-refractivity contribution in [2.24, 2.45) is 5.92 Å². The molecule has 1 saturated carbocycles. The van der Waals surface area contributed by atoms with Gasteiger partial charge < -0.3 is 14.9 Å². The molecule has 154 valence electrons. The molecule has 0 radical (unpaired) electrons. The van der Waals surface area contributed by atoms with Crippen LogP contribution in [0.4, 0.5) is 4.39 Å². The molecular formula is C22H31FN2O3. The Kier molecular flexibility index (Phi) is 6.73. The number of aliphatic hydroxyl groups excluding tert-OH is 1. The molecule has 0 aliphatic heterocycles. The lowest BCUT2D eigenvalue weighted by molar-refractivity contribution is 0.00982. The second kappa shape index (κ2) is 9.05. The number of ether oxygens (including phenoxy) is 1. The van der Waals surface area contributed by atoms with Gasteiger partial charge in [0.25, 0.3) is 0 Å². The van der Waals surface area contributed by atoms with Gasteiger partial charge in [-0.3, -0.25) is 4.68 Å². The standard InChI is InChI=1S/C22H31FN2O3/c1-3-22(27,15-25-19(6-4-5-11-26)12-16(2)24-25)18-9-10-20(23)21(13-18)28-14-17-7-8-17/h9-10,12-13,17,26-27H,3-8,11,14-15H2,1-2H3/t22-/m1/s1. The van der Waals surface area contributed by atoms with Crippen molar-refractivity contribution in [2.45, 2.75) is 64.5 Å². The Labute approximate surface area is 166 Å². The third kappa shape index (κ3) is 5.11. The molecule has 0 bridgehead atoms. The summed E-state index contributed by atoms with van der Waals surface area (Å²) in [5.41, 5.74) is 1.39.